The summed E-state index contributed by atoms with van der Waals surface area (Å²) in [4.78, 5) is 0. The topological polar surface area (TPSA) is 20.2 Å². The maximum absolute atomic E-state index is 9.85. The van der Waals surface area contributed by atoms with E-state index in [1.165, 1.54) is 27.8 Å². The molecule has 0 radical (unpaired) electrons. The smallest absolute Gasteiger partial charge is 0.0795 e. The quantitative estimate of drug-likeness (QED) is 0.797. The van der Waals surface area contributed by atoms with Crippen molar-refractivity contribution < 1.29 is 5.11 Å². The summed E-state index contributed by atoms with van der Waals surface area (Å²) in [7, 11) is 0. The monoisotopic (exact) mass is 238 g/mol. The van der Waals surface area contributed by atoms with Crippen LogP contribution >= 0.6 is 0 Å². The van der Waals surface area contributed by atoms with Crippen LogP contribution in [-0.4, -0.2) is 5.11 Å². The number of fused-ring (bicyclic) bond motifs is 1. The minimum absolute atomic E-state index is 0.257. The SMILES string of the molecule is Cc1cccc(C)c1-c1ccc2c(c1)CCC2O. The van der Waals surface area contributed by atoms with Gasteiger partial charge in [0.2, 0.25) is 0 Å². The first-order chi connectivity index (χ1) is 8.66. The van der Waals surface area contributed by atoms with Crippen LogP contribution in [0.1, 0.15) is 34.8 Å². The van der Waals surface area contributed by atoms with Gasteiger partial charge >= 0.3 is 0 Å². The Morgan fingerprint density at radius 2 is 1.78 bits per heavy atom. The fourth-order valence-corrected chi connectivity index (χ4v) is 3.02. The Morgan fingerprint density at radius 3 is 2.50 bits per heavy atom. The Hall–Kier alpha value is -1.60. The highest BCUT2D eigenvalue weighted by Crippen LogP contribution is 2.35. The Kier molecular flexibility index (Phi) is 2.71. The van der Waals surface area contributed by atoms with Gasteiger partial charge in [0.1, 0.15) is 0 Å². The summed E-state index contributed by atoms with van der Waals surface area (Å²) in [6, 6.07) is 12.9. The molecule has 0 aromatic heterocycles. The maximum Gasteiger partial charge on any atom is 0.0795 e. The molecule has 2 aromatic carbocycles. The summed E-state index contributed by atoms with van der Waals surface area (Å²) in [6.45, 7) is 4.31. The summed E-state index contributed by atoms with van der Waals surface area (Å²) in [5.41, 5.74) is 7.66. The molecule has 0 amide bonds. The van der Waals surface area contributed by atoms with Crippen LogP contribution < -0.4 is 0 Å². The molecule has 1 N–H and O–H groups in total. The Balaban J connectivity index is 2.14. The molecule has 1 nitrogen and oxygen atoms in total. The molecule has 0 aliphatic heterocycles. The molecule has 1 heteroatoms. The first-order valence-corrected chi connectivity index (χ1v) is 6.54. The molecule has 0 heterocycles. The zero-order valence-corrected chi connectivity index (χ0v) is 10.9. The van der Waals surface area contributed by atoms with Crippen LogP contribution in [0.2, 0.25) is 0 Å². The van der Waals surface area contributed by atoms with Gasteiger partial charge in [0.15, 0.2) is 0 Å². The fraction of sp³-hybridized carbons (Fsp3) is 0.294. The lowest BCUT2D eigenvalue weighted by atomic mass is 9.93. The number of hydrogen-bond acceptors (Lipinski definition) is 1. The molecule has 0 fully saturated rings. The first kappa shape index (κ1) is 11.5. The lowest BCUT2D eigenvalue weighted by Crippen LogP contribution is -1.92. The largest absolute Gasteiger partial charge is 0.388 e. The molecule has 0 spiro atoms. The summed E-state index contributed by atoms with van der Waals surface area (Å²) in [5.74, 6) is 0. The Labute approximate surface area is 108 Å². The van der Waals surface area contributed by atoms with Crippen molar-refractivity contribution in [2.24, 2.45) is 0 Å². The second-order valence-corrected chi connectivity index (χ2v) is 5.23. The van der Waals surface area contributed by atoms with Crippen molar-refractivity contribution in [3.05, 3.63) is 58.7 Å². The predicted molar refractivity (Wildman–Crippen MR) is 74.6 cm³/mol. The molecule has 0 bridgehead atoms. The Morgan fingerprint density at radius 1 is 1.06 bits per heavy atom. The van der Waals surface area contributed by atoms with Crippen LogP contribution in [0.25, 0.3) is 11.1 Å². The molecular weight excluding hydrogens is 220 g/mol. The van der Waals surface area contributed by atoms with E-state index in [1.54, 1.807) is 0 Å². The number of aliphatic hydroxyl groups excluding tert-OH is 1. The minimum atomic E-state index is -0.257. The van der Waals surface area contributed by atoms with Crippen molar-refractivity contribution >= 4 is 0 Å². The molecule has 0 saturated carbocycles. The van der Waals surface area contributed by atoms with Crippen LogP contribution in [0.4, 0.5) is 0 Å². The zero-order chi connectivity index (χ0) is 12.7. The van der Waals surface area contributed by atoms with Gasteiger partial charge in [-0.2, -0.15) is 0 Å². The van der Waals surface area contributed by atoms with Crippen molar-refractivity contribution in [2.75, 3.05) is 0 Å². The van der Waals surface area contributed by atoms with E-state index in [2.05, 4.69) is 50.2 Å². The summed E-state index contributed by atoms with van der Waals surface area (Å²) >= 11 is 0. The molecule has 1 atom stereocenters. The van der Waals surface area contributed by atoms with Crippen LogP contribution in [0.3, 0.4) is 0 Å². The molecule has 1 aliphatic rings. The number of aliphatic hydroxyl groups is 1. The Bertz CT molecular complexity index is 578. The van der Waals surface area contributed by atoms with Gasteiger partial charge in [0.05, 0.1) is 6.10 Å². The second-order valence-electron chi connectivity index (χ2n) is 5.23. The maximum atomic E-state index is 9.85. The van der Waals surface area contributed by atoms with Gasteiger partial charge in [-0.25, -0.2) is 0 Å². The average Bonchev–Trinajstić information content (AvgIpc) is 2.71. The lowest BCUT2D eigenvalue weighted by Gasteiger charge is -2.12. The van der Waals surface area contributed by atoms with Crippen LogP contribution in [0, 0.1) is 13.8 Å². The van der Waals surface area contributed by atoms with E-state index < -0.39 is 0 Å². The van der Waals surface area contributed by atoms with Crippen LogP contribution in [0.5, 0.6) is 0 Å². The van der Waals surface area contributed by atoms with E-state index in [1.807, 2.05) is 0 Å². The van der Waals surface area contributed by atoms with E-state index in [-0.39, 0.29) is 6.10 Å². The van der Waals surface area contributed by atoms with E-state index >= 15 is 0 Å². The molecule has 0 saturated heterocycles. The second kappa shape index (κ2) is 4.25. The minimum Gasteiger partial charge on any atom is -0.388 e. The third-order valence-corrected chi connectivity index (χ3v) is 3.96. The number of aryl methyl sites for hydroxylation is 3. The highest BCUT2D eigenvalue weighted by Gasteiger charge is 2.20. The highest BCUT2D eigenvalue weighted by molar-refractivity contribution is 5.72. The van der Waals surface area contributed by atoms with Gasteiger partial charge in [0.25, 0.3) is 0 Å². The zero-order valence-electron chi connectivity index (χ0n) is 10.9. The standard InChI is InChI=1S/C17H18O/c1-11-4-3-5-12(2)17(11)14-6-8-15-13(10-14)7-9-16(15)18/h3-6,8,10,16,18H,7,9H2,1-2H3. The predicted octanol–water partition coefficient (Wildman–Crippen LogP) is 3.95. The van der Waals surface area contributed by atoms with Gasteiger partial charge < -0.3 is 5.11 Å². The molecule has 1 unspecified atom stereocenters. The van der Waals surface area contributed by atoms with E-state index in [0.29, 0.717) is 0 Å². The lowest BCUT2D eigenvalue weighted by molar-refractivity contribution is 0.180. The molecule has 92 valence electrons. The highest BCUT2D eigenvalue weighted by atomic mass is 16.3. The van der Waals surface area contributed by atoms with Crippen LogP contribution in [0.15, 0.2) is 36.4 Å². The van der Waals surface area contributed by atoms with E-state index in [4.69, 9.17) is 0 Å². The van der Waals surface area contributed by atoms with Gasteiger partial charge in [0, 0.05) is 0 Å². The normalized spacial score (nSPS) is 17.8. The van der Waals surface area contributed by atoms with Crippen molar-refractivity contribution in [1.82, 2.24) is 0 Å². The first-order valence-electron chi connectivity index (χ1n) is 6.54. The van der Waals surface area contributed by atoms with Crippen molar-refractivity contribution in [1.29, 1.82) is 0 Å². The van der Waals surface area contributed by atoms with Crippen molar-refractivity contribution in [3.8, 4) is 11.1 Å². The average molecular weight is 238 g/mol. The van der Waals surface area contributed by atoms with Crippen molar-refractivity contribution in [2.45, 2.75) is 32.8 Å². The molecule has 1 aliphatic carbocycles. The summed E-state index contributed by atoms with van der Waals surface area (Å²) in [5, 5.41) is 9.85. The fourth-order valence-electron chi connectivity index (χ4n) is 3.02. The molecule has 18 heavy (non-hydrogen) atoms. The van der Waals surface area contributed by atoms with E-state index in [0.717, 1.165) is 18.4 Å². The molecule has 3 rings (SSSR count). The third-order valence-electron chi connectivity index (χ3n) is 3.96. The molecular formula is C17H18O. The number of hydrogen-bond donors (Lipinski definition) is 1. The molecule has 2 aromatic rings. The van der Waals surface area contributed by atoms with Crippen LogP contribution in [-0.2, 0) is 6.42 Å². The summed E-state index contributed by atoms with van der Waals surface area (Å²) < 4.78 is 0. The van der Waals surface area contributed by atoms with Gasteiger partial charge in [-0.3, -0.25) is 0 Å². The summed E-state index contributed by atoms with van der Waals surface area (Å²) in [6.07, 6.45) is 1.60. The number of rotatable bonds is 1. The van der Waals surface area contributed by atoms with Gasteiger partial charge in [-0.15, -0.1) is 0 Å². The van der Waals surface area contributed by atoms with Gasteiger partial charge in [-0.1, -0.05) is 36.4 Å². The third kappa shape index (κ3) is 1.75. The van der Waals surface area contributed by atoms with Gasteiger partial charge in [-0.05, 0) is 60.1 Å². The van der Waals surface area contributed by atoms with E-state index in [9.17, 15) is 5.11 Å². The number of benzene rings is 2. The van der Waals surface area contributed by atoms with Crippen molar-refractivity contribution in [3.63, 3.8) is 0 Å².